The second kappa shape index (κ2) is 5.33. The Morgan fingerprint density at radius 1 is 1.30 bits per heavy atom. The minimum atomic E-state index is -1.28. The first kappa shape index (κ1) is 15.5. The van der Waals surface area contributed by atoms with E-state index in [0.29, 0.717) is 5.56 Å². The zero-order valence-corrected chi connectivity index (χ0v) is 12.8. The lowest BCUT2D eigenvalue weighted by molar-refractivity contribution is -0.148. The third-order valence-corrected chi connectivity index (χ3v) is 4.45. The lowest BCUT2D eigenvalue weighted by Crippen LogP contribution is -2.46. The van der Waals surface area contributed by atoms with Crippen molar-refractivity contribution in [3.05, 3.63) is 35.6 Å². The highest BCUT2D eigenvalue weighted by molar-refractivity contribution is 6.10. The van der Waals surface area contributed by atoms with Gasteiger partial charge in [0.15, 0.2) is 0 Å². The number of halogens is 1. The fourth-order valence-corrected chi connectivity index (χ4v) is 3.20. The van der Waals surface area contributed by atoms with Gasteiger partial charge >= 0.3 is 12.0 Å². The second-order valence-electron chi connectivity index (χ2n) is 5.87. The van der Waals surface area contributed by atoms with Crippen LogP contribution in [0.5, 0.6) is 0 Å². The third-order valence-electron chi connectivity index (χ3n) is 4.45. The molecule has 2 aliphatic heterocycles. The molecule has 0 aromatic heterocycles. The summed E-state index contributed by atoms with van der Waals surface area (Å²) in [6, 6.07) is 3.87. The maximum absolute atomic E-state index is 13.1. The fraction of sp³-hybridized carbons (Fsp3) is 0.438. The number of imide groups is 1. The zero-order valence-electron chi connectivity index (χ0n) is 12.8. The summed E-state index contributed by atoms with van der Waals surface area (Å²) < 4.78 is 18.2. The van der Waals surface area contributed by atoms with Crippen LogP contribution in [0, 0.1) is 5.82 Å². The maximum Gasteiger partial charge on any atom is 0.329 e. The number of cyclic esters (lactones) is 1. The van der Waals surface area contributed by atoms with Crippen LogP contribution in [0.1, 0.15) is 32.3 Å². The molecule has 3 atom stereocenters. The molecule has 3 amide bonds. The van der Waals surface area contributed by atoms with Gasteiger partial charge in [-0.15, -0.1) is 0 Å². The van der Waals surface area contributed by atoms with Gasteiger partial charge in [-0.2, -0.15) is 0 Å². The number of amides is 3. The zero-order chi connectivity index (χ0) is 16.8. The highest BCUT2D eigenvalue weighted by Gasteiger charge is 2.56. The highest BCUT2D eigenvalue weighted by atomic mass is 19.1. The van der Waals surface area contributed by atoms with Crippen molar-refractivity contribution in [3.8, 4) is 0 Å². The molecular weight excluding hydrogens is 303 g/mol. The van der Waals surface area contributed by atoms with Crippen molar-refractivity contribution in [1.82, 2.24) is 10.2 Å². The van der Waals surface area contributed by atoms with Crippen LogP contribution >= 0.6 is 0 Å². The number of urea groups is 1. The molecule has 0 unspecified atom stereocenters. The molecule has 0 radical (unpaired) electrons. The Balaban J connectivity index is 1.98. The van der Waals surface area contributed by atoms with Gasteiger partial charge in [0.1, 0.15) is 23.5 Å². The number of nitrogens with zero attached hydrogens (tertiary/aromatic N) is 1. The Labute approximate surface area is 132 Å². The number of carbonyl (C=O) groups is 3. The summed E-state index contributed by atoms with van der Waals surface area (Å²) in [5, 5.41) is 2.67. The van der Waals surface area contributed by atoms with E-state index < -0.39 is 35.3 Å². The summed E-state index contributed by atoms with van der Waals surface area (Å²) in [4.78, 5) is 38.1. The van der Waals surface area contributed by atoms with Crippen LogP contribution in [0.25, 0.3) is 0 Å². The largest absolute Gasteiger partial charge is 0.461 e. The van der Waals surface area contributed by atoms with Crippen LogP contribution in [-0.4, -0.2) is 35.0 Å². The normalized spacial score (nSPS) is 30.6. The molecule has 2 fully saturated rings. The molecule has 0 saturated carbocycles. The van der Waals surface area contributed by atoms with Crippen molar-refractivity contribution in [1.29, 1.82) is 0 Å². The standard InChI is InChI=1S/C16H17FN2O4/c1-3-16(10-4-6-11(17)7-5-10)14(21)19(15(22)18-16)12-8-9(2)23-13(12)20/h4-7,9,12H,3,8H2,1-2H3,(H,18,22)/t9-,12+,16-/m1/s1. The highest BCUT2D eigenvalue weighted by Crippen LogP contribution is 2.35. The first-order chi connectivity index (χ1) is 10.9. The van der Waals surface area contributed by atoms with Gasteiger partial charge in [-0.05, 0) is 31.0 Å². The van der Waals surface area contributed by atoms with E-state index in [4.69, 9.17) is 4.74 Å². The molecule has 6 nitrogen and oxygen atoms in total. The monoisotopic (exact) mass is 320 g/mol. The minimum Gasteiger partial charge on any atom is -0.461 e. The summed E-state index contributed by atoms with van der Waals surface area (Å²) in [6.45, 7) is 3.46. The SMILES string of the molecule is CC[C@]1(c2ccc(F)cc2)NC(=O)N([C@H]2C[C@@H](C)OC2=O)C1=O. The van der Waals surface area contributed by atoms with E-state index in [9.17, 15) is 18.8 Å². The molecule has 3 rings (SSSR count). The summed E-state index contributed by atoms with van der Waals surface area (Å²) in [7, 11) is 0. The Morgan fingerprint density at radius 2 is 1.96 bits per heavy atom. The number of nitrogens with one attached hydrogen (secondary N) is 1. The smallest absolute Gasteiger partial charge is 0.329 e. The molecule has 2 saturated heterocycles. The molecular formula is C16H17FN2O4. The van der Waals surface area contributed by atoms with E-state index in [1.807, 2.05) is 0 Å². The van der Waals surface area contributed by atoms with Crippen molar-refractivity contribution in [2.24, 2.45) is 0 Å². The lowest BCUT2D eigenvalue weighted by Gasteiger charge is -2.26. The molecule has 2 heterocycles. The van der Waals surface area contributed by atoms with Crippen LogP contribution < -0.4 is 5.32 Å². The third kappa shape index (κ3) is 2.27. The van der Waals surface area contributed by atoms with Crippen LogP contribution in [-0.2, 0) is 19.9 Å². The average Bonchev–Trinajstić information content (AvgIpc) is 2.96. The molecule has 1 aromatic carbocycles. The van der Waals surface area contributed by atoms with E-state index in [1.165, 1.54) is 24.3 Å². The number of esters is 1. The second-order valence-corrected chi connectivity index (χ2v) is 5.87. The number of benzene rings is 1. The average molecular weight is 320 g/mol. The Hall–Kier alpha value is -2.44. The predicted octanol–water partition coefficient (Wildman–Crippen LogP) is 1.69. The van der Waals surface area contributed by atoms with Gasteiger partial charge in [0, 0.05) is 6.42 Å². The molecule has 0 bridgehead atoms. The topological polar surface area (TPSA) is 75.7 Å². The number of carbonyl (C=O) groups excluding carboxylic acids is 3. The number of rotatable bonds is 3. The van der Waals surface area contributed by atoms with Crippen molar-refractivity contribution in [2.75, 3.05) is 0 Å². The van der Waals surface area contributed by atoms with E-state index in [0.717, 1.165) is 4.90 Å². The molecule has 0 aliphatic carbocycles. The Morgan fingerprint density at radius 3 is 2.48 bits per heavy atom. The number of ether oxygens (including phenoxy) is 1. The molecule has 2 aliphatic rings. The van der Waals surface area contributed by atoms with Crippen molar-refractivity contribution < 1.29 is 23.5 Å². The first-order valence-corrected chi connectivity index (χ1v) is 7.51. The summed E-state index contributed by atoms with van der Waals surface area (Å²) in [6.07, 6.45) is 0.230. The Bertz CT molecular complexity index is 675. The summed E-state index contributed by atoms with van der Waals surface area (Å²) >= 11 is 0. The van der Waals surface area contributed by atoms with Crippen LogP contribution in [0.3, 0.4) is 0 Å². The number of hydrogen-bond acceptors (Lipinski definition) is 4. The van der Waals surface area contributed by atoms with Crippen molar-refractivity contribution >= 4 is 17.9 Å². The van der Waals surface area contributed by atoms with Gasteiger partial charge in [0.25, 0.3) is 5.91 Å². The van der Waals surface area contributed by atoms with Crippen LogP contribution in [0.2, 0.25) is 0 Å². The van der Waals surface area contributed by atoms with Gasteiger partial charge in [-0.25, -0.2) is 18.9 Å². The summed E-state index contributed by atoms with van der Waals surface area (Å²) in [5.41, 5.74) is -0.793. The van der Waals surface area contributed by atoms with Gasteiger partial charge in [0.05, 0.1) is 0 Å². The van der Waals surface area contributed by atoms with Crippen LogP contribution in [0.4, 0.5) is 9.18 Å². The Kier molecular flexibility index (Phi) is 3.58. The van der Waals surface area contributed by atoms with E-state index in [2.05, 4.69) is 5.32 Å². The van der Waals surface area contributed by atoms with E-state index >= 15 is 0 Å². The molecule has 1 aromatic rings. The quantitative estimate of drug-likeness (QED) is 0.679. The van der Waals surface area contributed by atoms with E-state index in [-0.39, 0.29) is 18.9 Å². The molecule has 0 spiro atoms. The van der Waals surface area contributed by atoms with Crippen LogP contribution in [0.15, 0.2) is 24.3 Å². The minimum absolute atomic E-state index is 0.279. The van der Waals surface area contributed by atoms with Crippen molar-refractivity contribution in [2.45, 2.75) is 44.4 Å². The van der Waals surface area contributed by atoms with Crippen molar-refractivity contribution in [3.63, 3.8) is 0 Å². The molecule has 122 valence electrons. The predicted molar refractivity (Wildman–Crippen MR) is 77.7 cm³/mol. The molecule has 1 N–H and O–H groups in total. The van der Waals surface area contributed by atoms with Gasteiger partial charge < -0.3 is 10.1 Å². The lowest BCUT2D eigenvalue weighted by atomic mass is 9.87. The van der Waals surface area contributed by atoms with Gasteiger partial charge in [0.2, 0.25) is 0 Å². The number of hydrogen-bond donors (Lipinski definition) is 1. The van der Waals surface area contributed by atoms with Gasteiger partial charge in [-0.1, -0.05) is 19.1 Å². The van der Waals surface area contributed by atoms with E-state index in [1.54, 1.807) is 13.8 Å². The first-order valence-electron chi connectivity index (χ1n) is 7.51. The fourth-order valence-electron chi connectivity index (χ4n) is 3.20. The van der Waals surface area contributed by atoms with Gasteiger partial charge in [-0.3, -0.25) is 4.79 Å². The maximum atomic E-state index is 13.1. The summed E-state index contributed by atoms with van der Waals surface area (Å²) in [5.74, 6) is -1.51. The molecule has 23 heavy (non-hydrogen) atoms. The molecule has 7 heteroatoms.